The highest BCUT2D eigenvalue weighted by atomic mass is 79.9. The van der Waals surface area contributed by atoms with Crippen LogP contribution in [0, 0.1) is 5.82 Å². The van der Waals surface area contributed by atoms with Crippen molar-refractivity contribution in [2.75, 3.05) is 6.54 Å². The first-order chi connectivity index (χ1) is 15.3. The molecule has 2 aromatic carbocycles. The van der Waals surface area contributed by atoms with Gasteiger partial charge in [-0.1, -0.05) is 15.9 Å². The van der Waals surface area contributed by atoms with Crippen molar-refractivity contribution in [3.8, 4) is 11.3 Å². The summed E-state index contributed by atoms with van der Waals surface area (Å²) >= 11 is 6.68. The van der Waals surface area contributed by atoms with Crippen LogP contribution in [0.1, 0.15) is 10.4 Å². The fourth-order valence-electron chi connectivity index (χ4n) is 3.07. The molecule has 0 radical (unpaired) electrons. The Bertz CT molecular complexity index is 1450. The van der Waals surface area contributed by atoms with E-state index in [2.05, 4.69) is 42.3 Å². The van der Waals surface area contributed by atoms with E-state index >= 15 is 0 Å². The van der Waals surface area contributed by atoms with E-state index in [1.54, 1.807) is 30.3 Å². The van der Waals surface area contributed by atoms with E-state index in [4.69, 9.17) is 4.42 Å². The molecule has 0 fully saturated rings. The standard InChI is InChI=1S/C22H14Br2FN3O4/c23-14-9-13-10-16(22(31)32-20(13)17(24)11-14)21(30)26-7-8-28-19(29)6-5-18(27-28)12-1-3-15(25)4-2-12/h1-6,9-11H,7-8H2,(H,26,30). The van der Waals surface area contributed by atoms with Crippen LogP contribution >= 0.6 is 31.9 Å². The summed E-state index contributed by atoms with van der Waals surface area (Å²) in [5, 5.41) is 7.43. The van der Waals surface area contributed by atoms with E-state index in [0.29, 0.717) is 26.7 Å². The molecule has 4 aromatic rings. The summed E-state index contributed by atoms with van der Waals surface area (Å²) in [4.78, 5) is 36.9. The number of fused-ring (bicyclic) bond motifs is 1. The summed E-state index contributed by atoms with van der Waals surface area (Å²) in [5.41, 5.74) is 0.195. The fraction of sp³-hybridized carbons (Fsp3) is 0.0909. The van der Waals surface area contributed by atoms with Crippen LogP contribution in [0.25, 0.3) is 22.2 Å². The van der Waals surface area contributed by atoms with Gasteiger partial charge in [0.1, 0.15) is 11.4 Å². The second-order valence-corrected chi connectivity index (χ2v) is 8.57. The minimum absolute atomic E-state index is 0.0538. The van der Waals surface area contributed by atoms with E-state index in [-0.39, 0.29) is 30.0 Å². The van der Waals surface area contributed by atoms with Gasteiger partial charge in [0.05, 0.1) is 16.7 Å². The number of amides is 1. The number of carbonyl (C=O) groups is 1. The summed E-state index contributed by atoms with van der Waals surface area (Å²) in [5.74, 6) is -0.998. The maximum atomic E-state index is 13.1. The number of halogens is 3. The second-order valence-electron chi connectivity index (χ2n) is 6.80. The van der Waals surface area contributed by atoms with Crippen LogP contribution in [0.15, 0.2) is 77.5 Å². The molecule has 0 spiro atoms. The first-order valence-corrected chi connectivity index (χ1v) is 11.0. The van der Waals surface area contributed by atoms with Crippen molar-refractivity contribution in [2.24, 2.45) is 0 Å². The Hall–Kier alpha value is -3.11. The number of hydrogen-bond acceptors (Lipinski definition) is 5. The third kappa shape index (κ3) is 4.71. The van der Waals surface area contributed by atoms with Crippen molar-refractivity contribution in [1.82, 2.24) is 15.1 Å². The maximum Gasteiger partial charge on any atom is 0.349 e. The van der Waals surface area contributed by atoms with E-state index in [0.717, 1.165) is 4.47 Å². The molecule has 162 valence electrons. The average Bonchev–Trinajstić information content (AvgIpc) is 2.75. The van der Waals surface area contributed by atoms with Crippen LogP contribution in [0.4, 0.5) is 4.39 Å². The van der Waals surface area contributed by atoms with Crippen LogP contribution in [0.3, 0.4) is 0 Å². The van der Waals surface area contributed by atoms with Crippen molar-refractivity contribution in [3.05, 3.63) is 95.7 Å². The Kier molecular flexibility index (Phi) is 6.33. The first-order valence-electron chi connectivity index (χ1n) is 9.37. The van der Waals surface area contributed by atoms with Crippen LogP contribution in [0.2, 0.25) is 0 Å². The van der Waals surface area contributed by atoms with Gasteiger partial charge in [0.25, 0.3) is 11.5 Å². The van der Waals surface area contributed by atoms with Gasteiger partial charge in [-0.15, -0.1) is 0 Å². The lowest BCUT2D eigenvalue weighted by molar-refractivity contribution is 0.0948. The number of nitrogens with zero attached hydrogens (tertiary/aromatic N) is 2. The van der Waals surface area contributed by atoms with Crippen molar-refractivity contribution in [3.63, 3.8) is 0 Å². The van der Waals surface area contributed by atoms with Crippen molar-refractivity contribution in [2.45, 2.75) is 6.54 Å². The average molecular weight is 563 g/mol. The number of hydrogen-bond donors (Lipinski definition) is 1. The zero-order valence-corrected chi connectivity index (χ0v) is 19.4. The molecular weight excluding hydrogens is 549 g/mol. The predicted molar refractivity (Wildman–Crippen MR) is 124 cm³/mol. The Morgan fingerprint density at radius 3 is 2.56 bits per heavy atom. The van der Waals surface area contributed by atoms with Crippen LogP contribution in [-0.4, -0.2) is 22.2 Å². The van der Waals surface area contributed by atoms with Gasteiger partial charge in [0.2, 0.25) is 0 Å². The van der Waals surface area contributed by atoms with Crippen LogP contribution in [0.5, 0.6) is 0 Å². The summed E-state index contributed by atoms with van der Waals surface area (Å²) in [6.07, 6.45) is 0. The summed E-state index contributed by atoms with van der Waals surface area (Å²) < 4.78 is 20.9. The highest BCUT2D eigenvalue weighted by Gasteiger charge is 2.15. The van der Waals surface area contributed by atoms with Gasteiger partial charge in [-0.2, -0.15) is 5.10 Å². The Morgan fingerprint density at radius 2 is 1.81 bits per heavy atom. The minimum atomic E-state index is -0.772. The van der Waals surface area contributed by atoms with Crippen molar-refractivity contribution >= 4 is 48.7 Å². The SMILES string of the molecule is O=C(NCCn1nc(-c2ccc(F)cc2)ccc1=O)c1cc2cc(Br)cc(Br)c2oc1=O. The van der Waals surface area contributed by atoms with E-state index in [1.165, 1.54) is 28.9 Å². The molecule has 32 heavy (non-hydrogen) atoms. The molecule has 1 N–H and O–H groups in total. The van der Waals surface area contributed by atoms with Gasteiger partial charge in [-0.05, 0) is 64.5 Å². The highest BCUT2D eigenvalue weighted by Crippen LogP contribution is 2.28. The number of aromatic nitrogens is 2. The van der Waals surface area contributed by atoms with Crippen LogP contribution < -0.4 is 16.5 Å². The van der Waals surface area contributed by atoms with E-state index in [9.17, 15) is 18.8 Å². The van der Waals surface area contributed by atoms with Crippen molar-refractivity contribution in [1.29, 1.82) is 0 Å². The zero-order valence-electron chi connectivity index (χ0n) is 16.3. The molecule has 2 heterocycles. The molecule has 0 unspecified atom stereocenters. The first kappa shape index (κ1) is 22.1. The molecule has 4 rings (SSSR count). The zero-order chi connectivity index (χ0) is 22.8. The number of nitrogens with one attached hydrogen (secondary N) is 1. The summed E-state index contributed by atoms with van der Waals surface area (Å²) in [6.45, 7) is 0.133. The predicted octanol–water partition coefficient (Wildman–Crippen LogP) is 4.11. The third-order valence-electron chi connectivity index (χ3n) is 4.61. The molecule has 0 aliphatic rings. The van der Waals surface area contributed by atoms with Crippen LogP contribution in [-0.2, 0) is 6.54 Å². The van der Waals surface area contributed by atoms with E-state index < -0.39 is 11.5 Å². The lowest BCUT2D eigenvalue weighted by Crippen LogP contribution is -2.33. The number of carbonyl (C=O) groups excluding carboxylic acids is 1. The normalized spacial score (nSPS) is 11.0. The molecule has 2 aromatic heterocycles. The molecule has 0 saturated carbocycles. The highest BCUT2D eigenvalue weighted by molar-refractivity contribution is 9.11. The third-order valence-corrected chi connectivity index (χ3v) is 5.66. The molecule has 1 amide bonds. The quantitative estimate of drug-likeness (QED) is 0.369. The van der Waals surface area contributed by atoms with Gasteiger partial charge >= 0.3 is 5.63 Å². The number of rotatable bonds is 5. The Balaban J connectivity index is 1.50. The van der Waals surface area contributed by atoms with E-state index in [1.807, 2.05) is 0 Å². The monoisotopic (exact) mass is 561 g/mol. The summed E-state index contributed by atoms with van der Waals surface area (Å²) in [7, 11) is 0. The molecule has 0 atom stereocenters. The smallest absolute Gasteiger partial charge is 0.349 e. The van der Waals surface area contributed by atoms with Crippen molar-refractivity contribution < 1.29 is 13.6 Å². The molecular formula is C22H14Br2FN3O4. The minimum Gasteiger partial charge on any atom is -0.421 e. The summed E-state index contributed by atoms with van der Waals surface area (Å²) in [6, 6.07) is 13.5. The van der Waals surface area contributed by atoms with Gasteiger partial charge in [0, 0.05) is 28.0 Å². The lowest BCUT2D eigenvalue weighted by Gasteiger charge is -2.09. The number of benzene rings is 2. The molecule has 0 aliphatic carbocycles. The fourth-order valence-corrected chi connectivity index (χ4v) is 4.41. The molecule has 7 nitrogen and oxygen atoms in total. The van der Waals surface area contributed by atoms with Gasteiger partial charge in [-0.25, -0.2) is 13.9 Å². The second kappa shape index (κ2) is 9.17. The lowest BCUT2D eigenvalue weighted by atomic mass is 10.1. The van der Waals surface area contributed by atoms with Gasteiger partial charge in [0.15, 0.2) is 5.58 Å². The Labute approximate surface area is 197 Å². The molecule has 0 saturated heterocycles. The topological polar surface area (TPSA) is 94.2 Å². The van der Waals surface area contributed by atoms with Gasteiger partial charge in [-0.3, -0.25) is 9.59 Å². The molecule has 10 heteroatoms. The Morgan fingerprint density at radius 1 is 1.06 bits per heavy atom. The molecule has 0 aliphatic heterocycles. The molecule has 0 bridgehead atoms. The largest absolute Gasteiger partial charge is 0.421 e. The maximum absolute atomic E-state index is 13.1. The van der Waals surface area contributed by atoms with Gasteiger partial charge < -0.3 is 9.73 Å².